The average molecular weight is 282 g/mol. The lowest BCUT2D eigenvalue weighted by atomic mass is 9.89. The van der Waals surface area contributed by atoms with Crippen molar-refractivity contribution in [1.29, 1.82) is 0 Å². The van der Waals surface area contributed by atoms with Gasteiger partial charge in [-0.05, 0) is 37.5 Å². The molecule has 0 saturated heterocycles. The van der Waals surface area contributed by atoms with Crippen LogP contribution < -0.4 is 10.6 Å². The van der Waals surface area contributed by atoms with Crippen molar-refractivity contribution >= 4 is 12.0 Å². The lowest BCUT2D eigenvalue weighted by Gasteiger charge is -2.22. The smallest absolute Gasteiger partial charge is 0.314 e. The Labute approximate surface area is 120 Å². The Balaban J connectivity index is 1.63. The van der Waals surface area contributed by atoms with E-state index in [1.807, 2.05) is 0 Å². The van der Waals surface area contributed by atoms with Crippen molar-refractivity contribution in [1.82, 2.24) is 10.6 Å². The lowest BCUT2D eigenvalue weighted by molar-refractivity contribution is -0.142. The van der Waals surface area contributed by atoms with E-state index in [0.29, 0.717) is 12.5 Å². The molecule has 0 aromatic heterocycles. The highest BCUT2D eigenvalue weighted by Crippen LogP contribution is 2.31. The van der Waals surface area contributed by atoms with Gasteiger partial charge in [-0.1, -0.05) is 25.7 Å². The Kier molecular flexibility index (Phi) is 5.68. The molecule has 5 nitrogen and oxygen atoms in total. The van der Waals surface area contributed by atoms with Crippen molar-refractivity contribution in [2.24, 2.45) is 17.8 Å². The fraction of sp³-hybridized carbons (Fsp3) is 0.867. The summed E-state index contributed by atoms with van der Waals surface area (Å²) in [5.41, 5.74) is 0. The Morgan fingerprint density at radius 3 is 2.30 bits per heavy atom. The van der Waals surface area contributed by atoms with Crippen LogP contribution in [-0.2, 0) is 4.79 Å². The first-order valence-electron chi connectivity index (χ1n) is 7.91. The number of carboxylic acid groups (broad SMARTS) is 1. The van der Waals surface area contributed by atoms with Gasteiger partial charge < -0.3 is 15.7 Å². The molecule has 0 aromatic carbocycles. The number of hydrogen-bond acceptors (Lipinski definition) is 2. The van der Waals surface area contributed by atoms with Gasteiger partial charge in [0.2, 0.25) is 0 Å². The fourth-order valence-corrected chi connectivity index (χ4v) is 3.52. The summed E-state index contributed by atoms with van der Waals surface area (Å²) in [6.45, 7) is 1.23. The summed E-state index contributed by atoms with van der Waals surface area (Å²) in [6.07, 6.45) is 8.89. The van der Waals surface area contributed by atoms with E-state index >= 15 is 0 Å². The van der Waals surface area contributed by atoms with Crippen LogP contribution in [0.3, 0.4) is 0 Å². The van der Waals surface area contributed by atoms with Gasteiger partial charge in [0.05, 0.1) is 5.92 Å². The molecule has 2 fully saturated rings. The molecule has 5 heteroatoms. The Morgan fingerprint density at radius 1 is 0.900 bits per heavy atom. The molecule has 114 valence electrons. The Morgan fingerprint density at radius 2 is 1.60 bits per heavy atom. The number of hydrogen-bond donors (Lipinski definition) is 3. The zero-order chi connectivity index (χ0) is 14.4. The summed E-state index contributed by atoms with van der Waals surface area (Å²) >= 11 is 0. The van der Waals surface area contributed by atoms with Crippen LogP contribution in [0.4, 0.5) is 4.79 Å². The number of carbonyl (C=O) groups is 2. The highest BCUT2D eigenvalue weighted by molar-refractivity contribution is 5.74. The molecule has 2 amide bonds. The van der Waals surface area contributed by atoms with E-state index in [1.165, 1.54) is 32.1 Å². The van der Waals surface area contributed by atoms with Gasteiger partial charge in [0.1, 0.15) is 0 Å². The molecule has 0 aliphatic heterocycles. The summed E-state index contributed by atoms with van der Waals surface area (Å²) in [4.78, 5) is 22.8. The monoisotopic (exact) mass is 282 g/mol. The van der Waals surface area contributed by atoms with Crippen molar-refractivity contribution in [2.45, 2.75) is 51.4 Å². The van der Waals surface area contributed by atoms with Crippen molar-refractivity contribution in [3.63, 3.8) is 0 Å². The van der Waals surface area contributed by atoms with Crippen molar-refractivity contribution in [3.05, 3.63) is 0 Å². The summed E-state index contributed by atoms with van der Waals surface area (Å²) in [5.74, 6) is -0.300. The minimum Gasteiger partial charge on any atom is -0.481 e. The summed E-state index contributed by atoms with van der Waals surface area (Å²) < 4.78 is 0. The number of carboxylic acids is 1. The van der Waals surface area contributed by atoms with Crippen LogP contribution in [0.2, 0.25) is 0 Å². The van der Waals surface area contributed by atoms with Crippen LogP contribution in [0.5, 0.6) is 0 Å². The van der Waals surface area contributed by atoms with E-state index in [2.05, 4.69) is 10.6 Å². The van der Waals surface area contributed by atoms with Gasteiger partial charge in [0, 0.05) is 13.1 Å². The van der Waals surface area contributed by atoms with Gasteiger partial charge >= 0.3 is 12.0 Å². The van der Waals surface area contributed by atoms with Gasteiger partial charge in [0.15, 0.2) is 0 Å². The zero-order valence-electron chi connectivity index (χ0n) is 12.1. The first kappa shape index (κ1) is 15.1. The maximum Gasteiger partial charge on any atom is 0.314 e. The molecule has 2 unspecified atom stereocenters. The molecule has 20 heavy (non-hydrogen) atoms. The second kappa shape index (κ2) is 7.50. The number of urea groups is 1. The number of rotatable bonds is 5. The minimum absolute atomic E-state index is 0.0907. The van der Waals surface area contributed by atoms with Crippen LogP contribution in [0, 0.1) is 17.8 Å². The van der Waals surface area contributed by atoms with Gasteiger partial charge in [-0.2, -0.15) is 0 Å². The SMILES string of the molecule is O=C(NCC1CCCCC1)NCC1CCCC1C(=O)O. The third-order valence-corrected chi connectivity index (χ3v) is 4.78. The van der Waals surface area contributed by atoms with Crippen molar-refractivity contribution in [3.8, 4) is 0 Å². The highest BCUT2D eigenvalue weighted by Gasteiger charge is 2.32. The van der Waals surface area contributed by atoms with E-state index in [-0.39, 0.29) is 17.9 Å². The Bertz CT molecular complexity index is 340. The molecule has 0 bridgehead atoms. The molecular formula is C15H26N2O3. The predicted molar refractivity (Wildman–Crippen MR) is 76.4 cm³/mol. The van der Waals surface area contributed by atoms with Gasteiger partial charge in [-0.3, -0.25) is 4.79 Å². The molecule has 0 aromatic rings. The van der Waals surface area contributed by atoms with E-state index in [0.717, 1.165) is 25.8 Å². The van der Waals surface area contributed by atoms with E-state index < -0.39 is 5.97 Å². The molecule has 2 atom stereocenters. The third-order valence-electron chi connectivity index (χ3n) is 4.78. The second-order valence-electron chi connectivity index (χ2n) is 6.23. The predicted octanol–water partition coefficient (Wildman–Crippen LogP) is 2.37. The van der Waals surface area contributed by atoms with Crippen LogP contribution in [0.15, 0.2) is 0 Å². The Hall–Kier alpha value is -1.26. The molecule has 2 aliphatic rings. The molecule has 0 spiro atoms. The standard InChI is InChI=1S/C15H26N2O3/c18-14(19)13-8-4-7-12(13)10-17-15(20)16-9-11-5-2-1-3-6-11/h11-13H,1-10H2,(H,18,19)(H2,16,17,20). The first-order chi connectivity index (χ1) is 9.66. The summed E-state index contributed by atoms with van der Waals surface area (Å²) in [5, 5.41) is 14.9. The highest BCUT2D eigenvalue weighted by atomic mass is 16.4. The number of amides is 2. The number of carbonyl (C=O) groups excluding carboxylic acids is 1. The molecule has 2 aliphatic carbocycles. The molecule has 0 heterocycles. The molecule has 0 radical (unpaired) electrons. The van der Waals surface area contributed by atoms with Crippen LogP contribution in [0.1, 0.15) is 51.4 Å². The normalized spacial score (nSPS) is 27.2. The number of nitrogens with one attached hydrogen (secondary N) is 2. The van der Waals surface area contributed by atoms with E-state index in [4.69, 9.17) is 5.11 Å². The zero-order valence-corrected chi connectivity index (χ0v) is 12.1. The van der Waals surface area contributed by atoms with Crippen LogP contribution >= 0.6 is 0 Å². The molecular weight excluding hydrogens is 256 g/mol. The van der Waals surface area contributed by atoms with Gasteiger partial charge in [0.25, 0.3) is 0 Å². The number of aliphatic carboxylic acids is 1. The van der Waals surface area contributed by atoms with Crippen LogP contribution in [-0.4, -0.2) is 30.2 Å². The third kappa shape index (κ3) is 4.39. The largest absolute Gasteiger partial charge is 0.481 e. The fourth-order valence-electron chi connectivity index (χ4n) is 3.52. The molecule has 2 rings (SSSR count). The van der Waals surface area contributed by atoms with Crippen molar-refractivity contribution in [2.75, 3.05) is 13.1 Å². The average Bonchev–Trinajstić information content (AvgIpc) is 2.92. The lowest BCUT2D eigenvalue weighted by Crippen LogP contribution is -2.41. The quantitative estimate of drug-likeness (QED) is 0.724. The summed E-state index contributed by atoms with van der Waals surface area (Å²) in [7, 11) is 0. The topological polar surface area (TPSA) is 78.4 Å². The van der Waals surface area contributed by atoms with E-state index in [1.54, 1.807) is 0 Å². The second-order valence-corrected chi connectivity index (χ2v) is 6.23. The molecule has 3 N–H and O–H groups in total. The minimum atomic E-state index is -0.725. The van der Waals surface area contributed by atoms with E-state index in [9.17, 15) is 9.59 Å². The summed E-state index contributed by atoms with van der Waals surface area (Å²) in [6, 6.07) is -0.147. The first-order valence-corrected chi connectivity index (χ1v) is 7.91. The van der Waals surface area contributed by atoms with Gasteiger partial charge in [-0.25, -0.2) is 4.79 Å². The van der Waals surface area contributed by atoms with Crippen LogP contribution in [0.25, 0.3) is 0 Å². The maximum atomic E-state index is 11.7. The molecule has 2 saturated carbocycles. The van der Waals surface area contributed by atoms with Gasteiger partial charge in [-0.15, -0.1) is 0 Å². The maximum absolute atomic E-state index is 11.7. The van der Waals surface area contributed by atoms with Crippen molar-refractivity contribution < 1.29 is 14.7 Å².